The number of nitrogens with two attached hydrogens (primary N) is 1. The zero-order chi connectivity index (χ0) is 9.26. The molecule has 0 spiro atoms. The normalized spacial score (nSPS) is 20.2. The van der Waals surface area contributed by atoms with Gasteiger partial charge in [-0.15, -0.1) is 0 Å². The highest BCUT2D eigenvalue weighted by Crippen LogP contribution is 2.20. The summed E-state index contributed by atoms with van der Waals surface area (Å²) in [5.74, 6) is 1.06. The van der Waals surface area contributed by atoms with Gasteiger partial charge in [0, 0.05) is 11.8 Å². The molecule has 2 rings (SSSR count). The fourth-order valence-corrected chi connectivity index (χ4v) is 1.74. The summed E-state index contributed by atoms with van der Waals surface area (Å²) < 4.78 is 5.02. The van der Waals surface area contributed by atoms with E-state index in [1.807, 2.05) is 0 Å². The van der Waals surface area contributed by atoms with Gasteiger partial charge < -0.3 is 15.5 Å². The topological polar surface area (TPSA) is 84.3 Å². The van der Waals surface area contributed by atoms with Crippen LogP contribution in [0.4, 0.5) is 5.82 Å². The smallest absolute Gasteiger partial charge is 0.253 e. The second kappa shape index (κ2) is 3.39. The lowest BCUT2D eigenvalue weighted by Crippen LogP contribution is -2.09. The van der Waals surface area contributed by atoms with Gasteiger partial charge in [0.25, 0.3) is 5.56 Å². The van der Waals surface area contributed by atoms with Crippen molar-refractivity contribution in [2.24, 2.45) is 0 Å². The summed E-state index contributed by atoms with van der Waals surface area (Å²) >= 11 is 1.45. The summed E-state index contributed by atoms with van der Waals surface area (Å²) in [6, 6.07) is 1.26. The van der Waals surface area contributed by atoms with E-state index in [0.29, 0.717) is 11.3 Å². The Morgan fingerprint density at radius 3 is 3.23 bits per heavy atom. The van der Waals surface area contributed by atoms with E-state index in [4.69, 9.17) is 10.5 Å². The second-order valence-electron chi connectivity index (χ2n) is 2.74. The third kappa shape index (κ3) is 2.46. The second-order valence-corrected chi connectivity index (χ2v) is 3.75. The Balaban J connectivity index is 2.05. The summed E-state index contributed by atoms with van der Waals surface area (Å²) in [4.78, 5) is 17.5. The van der Waals surface area contributed by atoms with Crippen molar-refractivity contribution in [1.29, 1.82) is 0 Å². The van der Waals surface area contributed by atoms with Crippen molar-refractivity contribution in [3.8, 4) is 0 Å². The number of aromatic nitrogens is 2. The molecule has 1 unspecified atom stereocenters. The van der Waals surface area contributed by atoms with E-state index in [2.05, 4.69) is 9.97 Å². The molecule has 0 bridgehead atoms. The van der Waals surface area contributed by atoms with Gasteiger partial charge >= 0.3 is 0 Å². The van der Waals surface area contributed by atoms with E-state index in [0.717, 1.165) is 12.4 Å². The number of nitrogens with one attached hydrogen (secondary N) is 1. The lowest BCUT2D eigenvalue weighted by molar-refractivity contribution is 0.426. The largest absolute Gasteiger partial charge is 0.383 e. The van der Waals surface area contributed by atoms with Crippen molar-refractivity contribution in [3.05, 3.63) is 16.4 Å². The standard InChI is InChI=1S/C7H9N3O2S/c8-5-1-6(11)10-7(9-5)13-3-4-2-12-4/h1,4H,2-3H2,(H3,8,9,10,11). The number of hydrogen-bond acceptors (Lipinski definition) is 5. The molecule has 0 saturated carbocycles. The Hall–Kier alpha value is -1.01. The summed E-state index contributed by atoms with van der Waals surface area (Å²) in [7, 11) is 0. The fourth-order valence-electron chi connectivity index (χ4n) is 0.858. The number of hydrogen-bond donors (Lipinski definition) is 2. The van der Waals surface area contributed by atoms with Gasteiger partial charge in [0.15, 0.2) is 5.16 Å². The van der Waals surface area contributed by atoms with Gasteiger partial charge in [-0.3, -0.25) is 4.79 Å². The lowest BCUT2D eigenvalue weighted by Gasteiger charge is -1.98. The highest BCUT2D eigenvalue weighted by molar-refractivity contribution is 7.99. The van der Waals surface area contributed by atoms with Gasteiger partial charge in [-0.05, 0) is 0 Å². The molecule has 1 fully saturated rings. The number of ether oxygens (including phenoxy) is 1. The number of thioether (sulfide) groups is 1. The van der Waals surface area contributed by atoms with Gasteiger partial charge in [-0.25, -0.2) is 4.98 Å². The molecule has 5 nitrogen and oxygen atoms in total. The molecule has 1 atom stereocenters. The predicted molar refractivity (Wildman–Crippen MR) is 49.7 cm³/mol. The quantitative estimate of drug-likeness (QED) is 0.401. The molecule has 13 heavy (non-hydrogen) atoms. The van der Waals surface area contributed by atoms with E-state index in [1.54, 1.807) is 0 Å². The summed E-state index contributed by atoms with van der Waals surface area (Å²) in [6.07, 6.45) is 0.316. The first kappa shape index (κ1) is 8.58. The summed E-state index contributed by atoms with van der Waals surface area (Å²) in [5.41, 5.74) is 5.19. The average molecular weight is 199 g/mol. The first-order valence-corrected chi connectivity index (χ1v) is 4.84. The molecular formula is C7H9N3O2S. The number of epoxide rings is 1. The van der Waals surface area contributed by atoms with E-state index in [1.165, 1.54) is 17.8 Å². The number of nitrogen functional groups attached to an aromatic ring is 1. The van der Waals surface area contributed by atoms with Crippen molar-refractivity contribution in [2.75, 3.05) is 18.1 Å². The number of H-pyrrole nitrogens is 1. The maximum Gasteiger partial charge on any atom is 0.253 e. The molecule has 0 aliphatic carbocycles. The van der Waals surface area contributed by atoms with Crippen molar-refractivity contribution in [2.45, 2.75) is 11.3 Å². The lowest BCUT2D eigenvalue weighted by atomic mass is 10.6. The van der Waals surface area contributed by atoms with Crippen LogP contribution < -0.4 is 11.3 Å². The van der Waals surface area contributed by atoms with Crippen LogP contribution in [0.5, 0.6) is 0 Å². The SMILES string of the molecule is Nc1cc(=O)[nH]c(SCC2CO2)n1. The zero-order valence-electron chi connectivity index (χ0n) is 6.82. The molecule has 3 N–H and O–H groups in total. The molecular weight excluding hydrogens is 190 g/mol. The molecule has 70 valence electrons. The molecule has 6 heteroatoms. The number of nitrogens with zero attached hydrogens (tertiary/aromatic N) is 1. The number of anilines is 1. The van der Waals surface area contributed by atoms with Crippen LogP contribution in [0.2, 0.25) is 0 Å². The van der Waals surface area contributed by atoms with Gasteiger partial charge in [0.2, 0.25) is 0 Å². The predicted octanol–water partition coefficient (Wildman–Crippen LogP) is -0.157. The summed E-state index contributed by atoms with van der Waals surface area (Å²) in [5, 5.41) is 0.556. The average Bonchev–Trinajstić information content (AvgIpc) is 2.81. The van der Waals surface area contributed by atoms with Gasteiger partial charge in [0.05, 0.1) is 12.7 Å². The molecule has 1 aromatic rings. The first-order chi connectivity index (χ1) is 6.24. The van der Waals surface area contributed by atoms with Crippen LogP contribution >= 0.6 is 11.8 Å². The fraction of sp³-hybridized carbons (Fsp3) is 0.429. The highest BCUT2D eigenvalue weighted by atomic mass is 32.2. The molecule has 1 saturated heterocycles. The zero-order valence-corrected chi connectivity index (χ0v) is 7.63. The van der Waals surface area contributed by atoms with Crippen molar-refractivity contribution in [3.63, 3.8) is 0 Å². The minimum absolute atomic E-state index is 0.216. The summed E-state index contributed by atoms with van der Waals surface area (Å²) in [6.45, 7) is 0.805. The van der Waals surface area contributed by atoms with Crippen LogP contribution in [-0.4, -0.2) is 28.4 Å². The maximum atomic E-state index is 11.0. The Bertz CT molecular complexity index is 361. The molecule has 1 aliphatic rings. The van der Waals surface area contributed by atoms with Crippen LogP contribution in [0.1, 0.15) is 0 Å². The third-order valence-corrected chi connectivity index (χ3v) is 2.55. The van der Waals surface area contributed by atoms with E-state index in [-0.39, 0.29) is 11.4 Å². The molecule has 2 heterocycles. The van der Waals surface area contributed by atoms with E-state index < -0.39 is 0 Å². The van der Waals surface area contributed by atoms with Crippen LogP contribution in [0.3, 0.4) is 0 Å². The first-order valence-electron chi connectivity index (χ1n) is 3.85. The highest BCUT2D eigenvalue weighted by Gasteiger charge is 2.22. The number of aromatic amines is 1. The molecule has 1 aliphatic heterocycles. The van der Waals surface area contributed by atoms with E-state index >= 15 is 0 Å². The van der Waals surface area contributed by atoms with Gasteiger partial charge in [-0.1, -0.05) is 11.8 Å². The van der Waals surface area contributed by atoms with Crippen LogP contribution in [-0.2, 0) is 4.74 Å². The Kier molecular flexibility index (Phi) is 2.24. The molecule has 1 aromatic heterocycles. The Morgan fingerprint density at radius 1 is 1.85 bits per heavy atom. The van der Waals surface area contributed by atoms with E-state index in [9.17, 15) is 4.79 Å². The van der Waals surface area contributed by atoms with Crippen molar-refractivity contribution < 1.29 is 4.74 Å². The molecule has 0 radical (unpaired) electrons. The number of rotatable bonds is 3. The minimum atomic E-state index is -0.216. The Morgan fingerprint density at radius 2 is 2.62 bits per heavy atom. The van der Waals surface area contributed by atoms with Crippen LogP contribution in [0, 0.1) is 0 Å². The third-order valence-electron chi connectivity index (χ3n) is 1.55. The van der Waals surface area contributed by atoms with Crippen LogP contribution in [0.25, 0.3) is 0 Å². The van der Waals surface area contributed by atoms with Gasteiger partial charge in [-0.2, -0.15) is 0 Å². The minimum Gasteiger partial charge on any atom is -0.383 e. The van der Waals surface area contributed by atoms with Crippen molar-refractivity contribution in [1.82, 2.24) is 9.97 Å². The van der Waals surface area contributed by atoms with Crippen LogP contribution in [0.15, 0.2) is 16.0 Å². The van der Waals surface area contributed by atoms with Gasteiger partial charge in [0.1, 0.15) is 5.82 Å². The molecule has 0 aromatic carbocycles. The molecule has 0 amide bonds. The monoisotopic (exact) mass is 199 g/mol. The Labute approximate surface area is 78.7 Å². The van der Waals surface area contributed by atoms with Crippen molar-refractivity contribution >= 4 is 17.6 Å². The maximum absolute atomic E-state index is 11.0.